The van der Waals surface area contributed by atoms with E-state index in [1.807, 2.05) is 78.6 Å². The molecule has 5 aromatic rings. The van der Waals surface area contributed by atoms with Crippen molar-refractivity contribution in [1.29, 1.82) is 0 Å². The van der Waals surface area contributed by atoms with Gasteiger partial charge in [0.25, 0.3) is 0 Å². The topological polar surface area (TPSA) is 60.7 Å². The van der Waals surface area contributed by atoms with Gasteiger partial charge in [-0.05, 0) is 48.4 Å². The number of benzene rings is 2. The minimum absolute atomic E-state index is 0.0642. The van der Waals surface area contributed by atoms with Crippen LogP contribution in [0.25, 0.3) is 15.9 Å². The van der Waals surface area contributed by atoms with Gasteiger partial charge in [-0.3, -0.25) is 9.78 Å². The van der Waals surface area contributed by atoms with Gasteiger partial charge in [0.15, 0.2) is 5.78 Å². The van der Waals surface area contributed by atoms with Crippen molar-refractivity contribution in [3.63, 3.8) is 0 Å². The van der Waals surface area contributed by atoms with Crippen LogP contribution in [-0.2, 0) is 12.8 Å². The molecule has 0 fully saturated rings. The molecule has 0 aliphatic carbocycles. The van der Waals surface area contributed by atoms with Gasteiger partial charge < -0.3 is 0 Å². The Morgan fingerprint density at radius 3 is 2.74 bits per heavy atom. The van der Waals surface area contributed by atoms with Crippen molar-refractivity contribution in [2.75, 3.05) is 0 Å². The van der Waals surface area contributed by atoms with Gasteiger partial charge in [-0.1, -0.05) is 30.3 Å². The molecule has 0 N–H and O–H groups in total. The van der Waals surface area contributed by atoms with Crippen LogP contribution in [0.1, 0.15) is 32.2 Å². The summed E-state index contributed by atoms with van der Waals surface area (Å²) in [6.45, 7) is 1.93. The second kappa shape index (κ2) is 8.24. The zero-order valence-corrected chi connectivity index (χ0v) is 17.8. The van der Waals surface area contributed by atoms with E-state index in [-0.39, 0.29) is 5.78 Å². The maximum atomic E-state index is 12.7. The van der Waals surface area contributed by atoms with E-state index in [9.17, 15) is 4.79 Å². The van der Waals surface area contributed by atoms with Crippen molar-refractivity contribution < 1.29 is 4.79 Å². The zero-order chi connectivity index (χ0) is 21.2. The first kappa shape index (κ1) is 19.3. The van der Waals surface area contributed by atoms with Crippen LogP contribution >= 0.6 is 11.3 Å². The van der Waals surface area contributed by atoms with E-state index in [2.05, 4.69) is 16.1 Å². The van der Waals surface area contributed by atoms with E-state index in [0.717, 1.165) is 39.5 Å². The summed E-state index contributed by atoms with van der Waals surface area (Å²) in [4.78, 5) is 21.7. The molecule has 5 rings (SSSR count). The fourth-order valence-electron chi connectivity index (χ4n) is 3.48. The summed E-state index contributed by atoms with van der Waals surface area (Å²) in [5.41, 5.74) is 5.51. The minimum Gasteiger partial charge on any atom is -0.294 e. The first-order valence-corrected chi connectivity index (χ1v) is 10.9. The fourth-order valence-corrected chi connectivity index (χ4v) is 4.48. The number of aromatic nitrogens is 4. The molecular weight excluding hydrogens is 404 g/mol. The van der Waals surface area contributed by atoms with E-state index in [1.165, 1.54) is 4.70 Å². The van der Waals surface area contributed by atoms with E-state index >= 15 is 0 Å². The quantitative estimate of drug-likeness (QED) is 0.352. The Morgan fingerprint density at radius 1 is 1.00 bits per heavy atom. The molecule has 0 radical (unpaired) electrons. The number of pyridine rings is 1. The van der Waals surface area contributed by atoms with Gasteiger partial charge in [-0.25, -0.2) is 9.67 Å². The SMILES string of the molecule is Cc1ccc(CC(=O)c2cccc(-n3cc(Cc4nc5ccccc5s4)cn3)c2)cn1. The highest BCUT2D eigenvalue weighted by Crippen LogP contribution is 2.24. The van der Waals surface area contributed by atoms with E-state index < -0.39 is 0 Å². The number of carbonyl (C=O) groups excluding carboxylic acids is 1. The second-order valence-electron chi connectivity index (χ2n) is 7.50. The predicted molar refractivity (Wildman–Crippen MR) is 123 cm³/mol. The standard InChI is InChI=1S/C25H20N4OS/c1-17-9-10-18(14-26-17)11-23(30)20-5-4-6-21(13-20)29-16-19(15-27-29)12-25-28-22-7-2-3-8-24(22)31-25/h2-10,13-16H,11-12H2,1H3. The Labute approximate surface area is 184 Å². The molecule has 6 heteroatoms. The van der Waals surface area contributed by atoms with Gasteiger partial charge in [0.05, 0.1) is 27.1 Å². The highest BCUT2D eigenvalue weighted by Gasteiger charge is 2.11. The van der Waals surface area contributed by atoms with Gasteiger partial charge in [-0.2, -0.15) is 5.10 Å². The Morgan fingerprint density at radius 2 is 1.90 bits per heavy atom. The molecule has 0 saturated carbocycles. The molecule has 2 aromatic carbocycles. The Bertz CT molecular complexity index is 1330. The van der Waals surface area contributed by atoms with Crippen molar-refractivity contribution in [1.82, 2.24) is 19.7 Å². The molecule has 3 heterocycles. The van der Waals surface area contributed by atoms with Crippen LogP contribution in [0, 0.1) is 6.92 Å². The maximum absolute atomic E-state index is 12.7. The van der Waals surface area contributed by atoms with Crippen LogP contribution in [-0.4, -0.2) is 25.5 Å². The number of Topliss-reactive ketones (excluding diaryl/α,β-unsaturated/α-hetero) is 1. The Hall–Kier alpha value is -3.64. The molecule has 0 saturated heterocycles. The number of para-hydroxylation sites is 1. The lowest BCUT2D eigenvalue weighted by atomic mass is 10.0. The molecule has 0 amide bonds. The summed E-state index contributed by atoms with van der Waals surface area (Å²) < 4.78 is 3.01. The summed E-state index contributed by atoms with van der Waals surface area (Å²) in [6.07, 6.45) is 6.69. The molecule has 0 atom stereocenters. The average Bonchev–Trinajstić information content (AvgIpc) is 3.42. The summed E-state index contributed by atoms with van der Waals surface area (Å²) in [6, 6.07) is 19.6. The highest BCUT2D eigenvalue weighted by atomic mass is 32.1. The Balaban J connectivity index is 1.33. The van der Waals surface area contributed by atoms with Crippen molar-refractivity contribution in [3.8, 4) is 5.69 Å². The monoisotopic (exact) mass is 424 g/mol. The first-order valence-electron chi connectivity index (χ1n) is 10.1. The molecule has 3 aromatic heterocycles. The number of hydrogen-bond donors (Lipinski definition) is 0. The van der Waals surface area contributed by atoms with Gasteiger partial charge in [0.1, 0.15) is 0 Å². The average molecular weight is 425 g/mol. The molecule has 152 valence electrons. The molecule has 0 spiro atoms. The van der Waals surface area contributed by atoms with Gasteiger partial charge in [-0.15, -0.1) is 11.3 Å². The summed E-state index contributed by atoms with van der Waals surface area (Å²) in [5.74, 6) is 0.0642. The van der Waals surface area contributed by atoms with Crippen LogP contribution in [0.15, 0.2) is 79.3 Å². The van der Waals surface area contributed by atoms with E-state index in [4.69, 9.17) is 4.98 Å². The van der Waals surface area contributed by atoms with Gasteiger partial charge >= 0.3 is 0 Å². The summed E-state index contributed by atoms with van der Waals surface area (Å²) in [7, 11) is 0. The number of rotatable bonds is 6. The van der Waals surface area contributed by atoms with Crippen molar-refractivity contribution in [2.24, 2.45) is 0 Å². The third-order valence-electron chi connectivity index (χ3n) is 5.10. The number of ketones is 1. The summed E-state index contributed by atoms with van der Waals surface area (Å²) >= 11 is 1.71. The Kier molecular flexibility index (Phi) is 5.14. The van der Waals surface area contributed by atoms with Gasteiger partial charge in [0.2, 0.25) is 0 Å². The number of aryl methyl sites for hydroxylation is 1. The third kappa shape index (κ3) is 4.29. The van der Waals surface area contributed by atoms with Crippen LogP contribution in [0.2, 0.25) is 0 Å². The van der Waals surface area contributed by atoms with Crippen molar-refractivity contribution in [2.45, 2.75) is 19.8 Å². The first-order chi connectivity index (χ1) is 15.1. The number of hydrogen-bond acceptors (Lipinski definition) is 5. The number of carbonyl (C=O) groups is 1. The summed E-state index contributed by atoms with van der Waals surface area (Å²) in [5, 5.41) is 5.57. The maximum Gasteiger partial charge on any atom is 0.167 e. The van der Waals surface area contributed by atoms with Crippen molar-refractivity contribution >= 4 is 27.3 Å². The smallest absolute Gasteiger partial charge is 0.167 e. The fraction of sp³-hybridized carbons (Fsp3) is 0.120. The molecular formula is C25H20N4OS. The lowest BCUT2D eigenvalue weighted by Crippen LogP contribution is -2.05. The molecule has 0 aliphatic heterocycles. The lowest BCUT2D eigenvalue weighted by Gasteiger charge is -2.05. The number of nitrogens with zero attached hydrogens (tertiary/aromatic N) is 4. The largest absolute Gasteiger partial charge is 0.294 e. The normalized spacial score (nSPS) is 11.1. The lowest BCUT2D eigenvalue weighted by molar-refractivity contribution is 0.0993. The number of fused-ring (bicyclic) bond motifs is 1. The molecule has 0 unspecified atom stereocenters. The molecule has 0 aliphatic rings. The van der Waals surface area contributed by atoms with Crippen LogP contribution in [0.3, 0.4) is 0 Å². The van der Waals surface area contributed by atoms with Crippen LogP contribution < -0.4 is 0 Å². The zero-order valence-electron chi connectivity index (χ0n) is 17.0. The van der Waals surface area contributed by atoms with Gasteiger partial charge in [0, 0.05) is 36.5 Å². The predicted octanol–water partition coefficient (Wildman–Crippen LogP) is 5.20. The second-order valence-corrected chi connectivity index (χ2v) is 8.62. The third-order valence-corrected chi connectivity index (χ3v) is 6.14. The van der Waals surface area contributed by atoms with E-state index in [0.29, 0.717) is 12.0 Å². The van der Waals surface area contributed by atoms with E-state index in [1.54, 1.807) is 17.5 Å². The van der Waals surface area contributed by atoms with Crippen LogP contribution in [0.4, 0.5) is 0 Å². The molecule has 5 nitrogen and oxygen atoms in total. The highest BCUT2D eigenvalue weighted by molar-refractivity contribution is 7.18. The van der Waals surface area contributed by atoms with Crippen molar-refractivity contribution in [3.05, 3.63) is 107 Å². The number of thiazole rings is 1. The minimum atomic E-state index is 0.0642. The molecule has 31 heavy (non-hydrogen) atoms. The van der Waals surface area contributed by atoms with Crippen LogP contribution in [0.5, 0.6) is 0 Å². The molecule has 0 bridgehead atoms.